The molecule has 0 unspecified atom stereocenters. The van der Waals surface area contributed by atoms with Crippen molar-refractivity contribution in [3.63, 3.8) is 0 Å². The fraction of sp³-hybridized carbons (Fsp3) is 0.444. The molecule has 3 aromatic heterocycles. The Hall–Kier alpha value is -2.40. The van der Waals surface area contributed by atoms with Crippen LogP contribution in [0.4, 0.5) is 0 Å². The first-order valence-corrected chi connectivity index (χ1v) is 11.9. The van der Waals surface area contributed by atoms with Gasteiger partial charge in [0, 0.05) is 29.4 Å². The monoisotopic (exact) mass is 436 g/mol. The standard InChI is InChI=1S/C18H20N4O5S2/c1-11-7-14(12(2)22(11)16-3-5-26-21-16)15(23)9-28-18-20-19-17(27-18)8-13-4-6-29(24,25)10-13/h3,5,7,13H,4,6,8-10H2,1-2H3/t13-/m1/s1. The number of carbonyl (C=O) groups is 1. The second kappa shape index (κ2) is 7.79. The SMILES string of the molecule is Cc1cc(C(=O)CSc2nnc(C[C@H]3CCS(=O)(=O)C3)o2)c(C)n1-c1ccon1. The number of aromatic nitrogens is 4. The van der Waals surface area contributed by atoms with Crippen LogP contribution in [-0.2, 0) is 16.3 Å². The molecule has 0 bridgehead atoms. The molecular weight excluding hydrogens is 416 g/mol. The average molecular weight is 437 g/mol. The van der Waals surface area contributed by atoms with Crippen LogP contribution in [0.3, 0.4) is 0 Å². The van der Waals surface area contributed by atoms with Crippen molar-refractivity contribution in [2.75, 3.05) is 17.3 Å². The zero-order valence-electron chi connectivity index (χ0n) is 16.0. The van der Waals surface area contributed by atoms with Gasteiger partial charge in [-0.2, -0.15) is 0 Å². The van der Waals surface area contributed by atoms with Crippen molar-refractivity contribution >= 4 is 27.4 Å². The molecule has 11 heteroatoms. The lowest BCUT2D eigenvalue weighted by Crippen LogP contribution is -2.07. The molecule has 4 heterocycles. The van der Waals surface area contributed by atoms with Crippen LogP contribution in [0.1, 0.15) is 34.1 Å². The summed E-state index contributed by atoms with van der Waals surface area (Å²) >= 11 is 1.17. The molecule has 1 fully saturated rings. The largest absolute Gasteiger partial charge is 0.416 e. The summed E-state index contributed by atoms with van der Waals surface area (Å²) in [5.41, 5.74) is 2.28. The van der Waals surface area contributed by atoms with Crippen molar-refractivity contribution in [2.45, 2.75) is 31.9 Å². The van der Waals surface area contributed by atoms with Crippen LogP contribution in [0.15, 0.2) is 32.6 Å². The molecule has 0 aromatic carbocycles. The molecule has 29 heavy (non-hydrogen) atoms. The highest BCUT2D eigenvalue weighted by molar-refractivity contribution is 7.99. The van der Waals surface area contributed by atoms with E-state index >= 15 is 0 Å². The zero-order chi connectivity index (χ0) is 20.6. The van der Waals surface area contributed by atoms with Crippen molar-refractivity contribution in [2.24, 2.45) is 5.92 Å². The van der Waals surface area contributed by atoms with Gasteiger partial charge in [0.25, 0.3) is 5.22 Å². The lowest BCUT2D eigenvalue weighted by molar-refractivity contribution is 0.102. The van der Waals surface area contributed by atoms with E-state index in [0.717, 1.165) is 11.4 Å². The molecule has 0 spiro atoms. The highest BCUT2D eigenvalue weighted by Gasteiger charge is 2.29. The first-order valence-electron chi connectivity index (χ1n) is 9.11. The zero-order valence-corrected chi connectivity index (χ0v) is 17.6. The number of Topliss-reactive ketones (excluding diaryl/α,β-unsaturated/α-hetero) is 1. The Morgan fingerprint density at radius 2 is 2.17 bits per heavy atom. The molecule has 0 aliphatic carbocycles. The Bertz CT molecular complexity index is 1130. The lowest BCUT2D eigenvalue weighted by atomic mass is 10.1. The fourth-order valence-corrected chi connectivity index (χ4v) is 6.11. The number of ketones is 1. The normalized spacial score (nSPS) is 18.3. The number of thioether (sulfide) groups is 1. The Morgan fingerprint density at radius 1 is 1.34 bits per heavy atom. The van der Waals surface area contributed by atoms with Crippen LogP contribution in [-0.4, -0.2) is 51.4 Å². The molecule has 1 aliphatic rings. The maximum absolute atomic E-state index is 12.7. The summed E-state index contributed by atoms with van der Waals surface area (Å²) in [4.78, 5) is 12.7. The molecule has 9 nitrogen and oxygen atoms in total. The molecule has 4 rings (SSSR count). The highest BCUT2D eigenvalue weighted by atomic mass is 32.2. The molecule has 1 saturated heterocycles. The second-order valence-corrected chi connectivity index (χ2v) is 10.3. The summed E-state index contributed by atoms with van der Waals surface area (Å²) < 4.78 is 35.5. The van der Waals surface area contributed by atoms with Gasteiger partial charge in [-0.05, 0) is 32.3 Å². The van der Waals surface area contributed by atoms with E-state index < -0.39 is 9.84 Å². The van der Waals surface area contributed by atoms with Gasteiger partial charge < -0.3 is 8.94 Å². The van der Waals surface area contributed by atoms with Crippen LogP contribution < -0.4 is 0 Å². The summed E-state index contributed by atoms with van der Waals surface area (Å²) in [6, 6.07) is 3.56. The van der Waals surface area contributed by atoms with E-state index in [4.69, 9.17) is 8.94 Å². The highest BCUT2D eigenvalue weighted by Crippen LogP contribution is 2.26. The third kappa shape index (κ3) is 4.30. The van der Waals surface area contributed by atoms with Crippen LogP contribution >= 0.6 is 11.8 Å². The van der Waals surface area contributed by atoms with E-state index in [9.17, 15) is 13.2 Å². The van der Waals surface area contributed by atoms with Crippen LogP contribution in [0.2, 0.25) is 0 Å². The topological polar surface area (TPSA) is 121 Å². The van der Waals surface area contributed by atoms with Gasteiger partial charge >= 0.3 is 0 Å². The Balaban J connectivity index is 1.38. The van der Waals surface area contributed by atoms with E-state index in [-0.39, 0.29) is 29.0 Å². The van der Waals surface area contributed by atoms with Crippen LogP contribution in [0.5, 0.6) is 0 Å². The predicted octanol–water partition coefficient (Wildman–Crippen LogP) is 2.42. The maximum Gasteiger partial charge on any atom is 0.277 e. The van der Waals surface area contributed by atoms with Crippen molar-refractivity contribution < 1.29 is 22.2 Å². The number of hydrogen-bond acceptors (Lipinski definition) is 9. The minimum atomic E-state index is -2.93. The smallest absolute Gasteiger partial charge is 0.277 e. The molecular formula is C18H20N4O5S2. The van der Waals surface area contributed by atoms with Gasteiger partial charge in [-0.15, -0.1) is 10.2 Å². The van der Waals surface area contributed by atoms with Gasteiger partial charge in [-0.1, -0.05) is 16.9 Å². The average Bonchev–Trinajstić information content (AvgIpc) is 3.43. The summed E-state index contributed by atoms with van der Waals surface area (Å²) in [6.45, 7) is 3.76. The van der Waals surface area contributed by atoms with Gasteiger partial charge in [0.1, 0.15) is 6.26 Å². The number of nitrogens with zero attached hydrogens (tertiary/aromatic N) is 4. The Morgan fingerprint density at radius 3 is 2.86 bits per heavy atom. The molecule has 1 atom stereocenters. The van der Waals surface area contributed by atoms with Gasteiger partial charge in [-0.25, -0.2) is 8.42 Å². The number of carbonyl (C=O) groups excluding carboxylic acids is 1. The minimum absolute atomic E-state index is 0.0156. The third-order valence-electron chi connectivity index (χ3n) is 4.95. The molecule has 0 saturated carbocycles. The summed E-state index contributed by atoms with van der Waals surface area (Å²) in [5, 5.41) is 12.2. The van der Waals surface area contributed by atoms with E-state index in [2.05, 4.69) is 15.4 Å². The number of hydrogen-bond donors (Lipinski definition) is 0. The Kier molecular flexibility index (Phi) is 5.34. The Labute approximate surface area is 171 Å². The van der Waals surface area contributed by atoms with Gasteiger partial charge in [0.2, 0.25) is 5.89 Å². The van der Waals surface area contributed by atoms with Gasteiger partial charge in [-0.3, -0.25) is 9.36 Å². The van der Waals surface area contributed by atoms with Crippen LogP contribution in [0.25, 0.3) is 5.82 Å². The van der Waals surface area contributed by atoms with E-state index in [1.807, 2.05) is 24.5 Å². The second-order valence-electron chi connectivity index (χ2n) is 7.12. The summed E-state index contributed by atoms with van der Waals surface area (Å²) in [6.07, 6.45) is 2.55. The van der Waals surface area contributed by atoms with Crippen molar-refractivity contribution in [1.29, 1.82) is 0 Å². The predicted molar refractivity (Wildman–Crippen MR) is 105 cm³/mol. The number of rotatable bonds is 7. The van der Waals surface area contributed by atoms with Crippen molar-refractivity contribution in [3.8, 4) is 5.82 Å². The molecule has 0 radical (unpaired) electrons. The van der Waals surface area contributed by atoms with Crippen molar-refractivity contribution in [3.05, 3.63) is 41.2 Å². The maximum atomic E-state index is 12.7. The molecule has 0 amide bonds. The summed E-state index contributed by atoms with van der Waals surface area (Å²) in [7, 11) is -2.93. The minimum Gasteiger partial charge on any atom is -0.416 e. The van der Waals surface area contributed by atoms with Gasteiger partial charge in [0.15, 0.2) is 21.4 Å². The fourth-order valence-electron chi connectivity index (χ4n) is 3.58. The number of sulfone groups is 1. The van der Waals surface area contributed by atoms with Gasteiger partial charge in [0.05, 0.1) is 17.3 Å². The van der Waals surface area contributed by atoms with E-state index in [1.165, 1.54) is 18.0 Å². The molecule has 3 aromatic rings. The quantitative estimate of drug-likeness (QED) is 0.406. The van der Waals surface area contributed by atoms with Crippen LogP contribution in [0, 0.1) is 19.8 Å². The van der Waals surface area contributed by atoms with Crippen molar-refractivity contribution in [1.82, 2.24) is 19.9 Å². The first kappa shape index (κ1) is 19.9. The number of aryl methyl sites for hydroxylation is 1. The van der Waals surface area contributed by atoms with E-state index in [1.54, 1.807) is 6.07 Å². The molecule has 0 N–H and O–H groups in total. The molecule has 1 aliphatic heterocycles. The lowest BCUT2D eigenvalue weighted by Gasteiger charge is -2.04. The van der Waals surface area contributed by atoms with E-state index in [0.29, 0.717) is 35.3 Å². The molecule has 154 valence electrons. The first-order chi connectivity index (χ1) is 13.8. The third-order valence-corrected chi connectivity index (χ3v) is 7.61. The summed E-state index contributed by atoms with van der Waals surface area (Å²) in [5.74, 6) is 1.53.